The van der Waals surface area contributed by atoms with E-state index in [0.29, 0.717) is 23.9 Å². The predicted octanol–water partition coefficient (Wildman–Crippen LogP) is 2.79. The van der Waals surface area contributed by atoms with Crippen LogP contribution < -0.4 is 5.32 Å². The second-order valence-corrected chi connectivity index (χ2v) is 9.94. The lowest BCUT2D eigenvalue weighted by molar-refractivity contribution is 0.388. The highest BCUT2D eigenvalue weighted by Gasteiger charge is 2.42. The Labute approximate surface area is 132 Å². The minimum Gasteiger partial charge on any atom is -0.315 e. The van der Waals surface area contributed by atoms with E-state index < -0.39 is 10.0 Å². The lowest BCUT2D eigenvalue weighted by atomic mass is 10.4. The van der Waals surface area contributed by atoms with E-state index in [0.717, 1.165) is 21.5 Å². The molecule has 0 unspecified atom stereocenters. The molecule has 0 saturated heterocycles. The van der Waals surface area contributed by atoms with Crippen LogP contribution in [0.4, 0.5) is 0 Å². The van der Waals surface area contributed by atoms with Gasteiger partial charge in [0.15, 0.2) is 0 Å². The average molecular weight is 379 g/mol. The normalized spacial score (nSPS) is 19.8. The molecule has 3 rings (SSSR count). The zero-order chi connectivity index (χ0) is 14.3. The van der Waals surface area contributed by atoms with Crippen molar-refractivity contribution in [3.63, 3.8) is 0 Å². The van der Waals surface area contributed by atoms with E-state index in [-0.39, 0.29) is 6.04 Å². The summed E-state index contributed by atoms with van der Waals surface area (Å²) in [7, 11) is -1.49. The molecule has 1 heterocycles. The van der Waals surface area contributed by atoms with E-state index in [1.54, 1.807) is 4.31 Å². The van der Waals surface area contributed by atoms with Gasteiger partial charge in [-0.1, -0.05) is 0 Å². The van der Waals surface area contributed by atoms with Gasteiger partial charge >= 0.3 is 0 Å². The maximum atomic E-state index is 12.9. The van der Waals surface area contributed by atoms with Gasteiger partial charge in [0.2, 0.25) is 10.0 Å². The summed E-state index contributed by atoms with van der Waals surface area (Å²) < 4.78 is 28.3. The summed E-state index contributed by atoms with van der Waals surface area (Å²) in [6, 6.07) is 2.04. The van der Waals surface area contributed by atoms with Crippen molar-refractivity contribution in [1.82, 2.24) is 9.62 Å². The predicted molar refractivity (Wildman–Crippen MR) is 84.4 cm³/mol. The van der Waals surface area contributed by atoms with Gasteiger partial charge in [-0.25, -0.2) is 8.42 Å². The molecule has 0 atom stereocenters. The van der Waals surface area contributed by atoms with Crippen LogP contribution in [0.25, 0.3) is 0 Å². The Hall–Kier alpha value is 0.0500. The molecular weight excluding hydrogens is 360 g/mol. The molecule has 0 aromatic carbocycles. The first-order valence-electron chi connectivity index (χ1n) is 6.97. The Bertz CT molecular complexity index is 592. The summed E-state index contributed by atoms with van der Waals surface area (Å²) in [5, 5.41) is 3.06. The SMILES string of the molecule is CNCc1cc(S(=O)(=O)N(CC2CC2)C2CC2)c(Br)s1. The molecule has 0 aliphatic heterocycles. The molecule has 7 heteroatoms. The van der Waals surface area contributed by atoms with Gasteiger partial charge in [-0.05, 0) is 60.6 Å². The highest BCUT2D eigenvalue weighted by molar-refractivity contribution is 9.11. The van der Waals surface area contributed by atoms with Gasteiger partial charge in [-0.15, -0.1) is 11.3 Å². The van der Waals surface area contributed by atoms with Crippen LogP contribution in [0.15, 0.2) is 14.7 Å². The molecule has 20 heavy (non-hydrogen) atoms. The monoisotopic (exact) mass is 378 g/mol. The average Bonchev–Trinajstić information content (AvgIpc) is 3.27. The lowest BCUT2D eigenvalue weighted by Gasteiger charge is -2.21. The zero-order valence-electron chi connectivity index (χ0n) is 11.4. The van der Waals surface area contributed by atoms with Gasteiger partial charge < -0.3 is 5.32 Å². The highest BCUT2D eigenvalue weighted by atomic mass is 79.9. The van der Waals surface area contributed by atoms with Crippen LogP contribution in [0, 0.1) is 5.92 Å². The lowest BCUT2D eigenvalue weighted by Crippen LogP contribution is -2.34. The molecule has 112 valence electrons. The molecule has 0 amide bonds. The van der Waals surface area contributed by atoms with Gasteiger partial charge in [0.1, 0.15) is 4.90 Å². The van der Waals surface area contributed by atoms with Gasteiger partial charge in [-0.2, -0.15) is 4.31 Å². The standard InChI is InChI=1S/C13H19BrN2O2S2/c1-15-7-11-6-12(13(14)19-11)20(17,18)16(10-4-5-10)8-9-2-3-9/h6,9-10,15H,2-5,7-8H2,1H3. The Morgan fingerprint density at radius 1 is 1.40 bits per heavy atom. The second-order valence-electron chi connectivity index (χ2n) is 5.63. The van der Waals surface area contributed by atoms with Crippen molar-refractivity contribution in [3.05, 3.63) is 14.7 Å². The molecule has 1 N–H and O–H groups in total. The maximum Gasteiger partial charge on any atom is 0.245 e. The quantitative estimate of drug-likeness (QED) is 0.793. The third kappa shape index (κ3) is 3.11. The van der Waals surface area contributed by atoms with E-state index in [2.05, 4.69) is 21.2 Å². The van der Waals surface area contributed by atoms with Gasteiger partial charge in [0.05, 0.1) is 3.79 Å². The molecule has 1 aromatic rings. The van der Waals surface area contributed by atoms with Crippen LogP contribution in [0.3, 0.4) is 0 Å². The van der Waals surface area contributed by atoms with E-state index in [9.17, 15) is 8.42 Å². The fourth-order valence-corrected chi connectivity index (χ4v) is 6.73. The summed E-state index contributed by atoms with van der Waals surface area (Å²) >= 11 is 4.93. The minimum atomic E-state index is -3.35. The highest BCUT2D eigenvalue weighted by Crippen LogP contribution is 2.41. The Morgan fingerprint density at radius 2 is 2.10 bits per heavy atom. The number of rotatable bonds is 7. The Balaban J connectivity index is 1.88. The zero-order valence-corrected chi connectivity index (χ0v) is 14.7. The summed E-state index contributed by atoms with van der Waals surface area (Å²) in [5.41, 5.74) is 0. The molecule has 1 aromatic heterocycles. The summed E-state index contributed by atoms with van der Waals surface area (Å²) in [6.45, 7) is 1.40. The molecular formula is C13H19BrN2O2S2. The number of nitrogens with one attached hydrogen (secondary N) is 1. The third-order valence-corrected chi connectivity index (χ3v) is 7.90. The van der Waals surface area contributed by atoms with Crippen molar-refractivity contribution in [1.29, 1.82) is 0 Å². The van der Waals surface area contributed by atoms with Crippen LogP contribution in [0.1, 0.15) is 30.6 Å². The molecule has 0 bridgehead atoms. The fraction of sp³-hybridized carbons (Fsp3) is 0.692. The number of nitrogens with zero attached hydrogens (tertiary/aromatic N) is 1. The van der Waals surface area contributed by atoms with Crippen molar-refractivity contribution in [3.8, 4) is 0 Å². The van der Waals surface area contributed by atoms with E-state index in [1.807, 2.05) is 13.1 Å². The smallest absolute Gasteiger partial charge is 0.245 e. The topological polar surface area (TPSA) is 49.4 Å². The fourth-order valence-electron chi connectivity index (χ4n) is 2.32. The van der Waals surface area contributed by atoms with Gasteiger partial charge in [0, 0.05) is 24.0 Å². The summed E-state index contributed by atoms with van der Waals surface area (Å²) in [6.07, 6.45) is 4.37. The van der Waals surface area contributed by atoms with Crippen LogP contribution >= 0.6 is 27.3 Å². The number of sulfonamides is 1. The largest absolute Gasteiger partial charge is 0.315 e. The molecule has 0 radical (unpaired) electrons. The summed E-state index contributed by atoms with van der Waals surface area (Å²) in [5.74, 6) is 0.583. The number of hydrogen-bond donors (Lipinski definition) is 1. The van der Waals surface area contributed by atoms with Crippen LogP contribution in [0.5, 0.6) is 0 Å². The van der Waals surface area contributed by atoms with Crippen molar-refractivity contribution in [2.24, 2.45) is 5.92 Å². The van der Waals surface area contributed by atoms with Crippen LogP contribution in [-0.4, -0.2) is 32.4 Å². The molecule has 2 aliphatic rings. The number of thiophene rings is 1. The first kappa shape index (κ1) is 15.0. The van der Waals surface area contributed by atoms with Crippen LogP contribution in [0.2, 0.25) is 0 Å². The summed E-state index contributed by atoms with van der Waals surface area (Å²) in [4.78, 5) is 1.49. The molecule has 2 aliphatic carbocycles. The molecule has 2 fully saturated rings. The van der Waals surface area contributed by atoms with Crippen molar-refractivity contribution in [2.45, 2.75) is 43.2 Å². The minimum absolute atomic E-state index is 0.236. The van der Waals surface area contributed by atoms with Crippen molar-refractivity contribution in [2.75, 3.05) is 13.6 Å². The molecule has 2 saturated carbocycles. The van der Waals surface area contributed by atoms with Crippen LogP contribution in [-0.2, 0) is 16.6 Å². The third-order valence-electron chi connectivity index (χ3n) is 3.73. The van der Waals surface area contributed by atoms with E-state index >= 15 is 0 Å². The second kappa shape index (κ2) is 5.68. The van der Waals surface area contributed by atoms with Gasteiger partial charge in [-0.3, -0.25) is 0 Å². The number of halogens is 1. The first-order valence-corrected chi connectivity index (χ1v) is 10.0. The van der Waals surface area contributed by atoms with E-state index in [1.165, 1.54) is 24.2 Å². The Morgan fingerprint density at radius 3 is 2.65 bits per heavy atom. The molecule has 0 spiro atoms. The van der Waals surface area contributed by atoms with Crippen molar-refractivity contribution < 1.29 is 8.42 Å². The van der Waals surface area contributed by atoms with Gasteiger partial charge in [0.25, 0.3) is 0 Å². The first-order chi connectivity index (χ1) is 9.52. The number of hydrogen-bond acceptors (Lipinski definition) is 4. The molecule has 4 nitrogen and oxygen atoms in total. The van der Waals surface area contributed by atoms with E-state index in [4.69, 9.17) is 0 Å². The van der Waals surface area contributed by atoms with Crippen molar-refractivity contribution >= 4 is 37.3 Å². The Kier molecular flexibility index (Phi) is 4.25. The maximum absolute atomic E-state index is 12.9.